The van der Waals surface area contributed by atoms with Crippen molar-refractivity contribution in [2.24, 2.45) is 5.73 Å². The number of quaternary nitrogens is 1. The molecule has 8 heteroatoms. The highest BCUT2D eigenvalue weighted by Gasteiger charge is 2.59. The second-order valence-corrected chi connectivity index (χ2v) is 9.77. The number of aryl methyl sites for hydroxylation is 1. The number of hydrogen-bond acceptors (Lipinski definition) is 4. The van der Waals surface area contributed by atoms with Crippen LogP contribution < -0.4 is 5.73 Å². The Labute approximate surface area is 205 Å². The molecule has 182 valence electrons. The first-order chi connectivity index (χ1) is 17.1. The van der Waals surface area contributed by atoms with Gasteiger partial charge in [-0.2, -0.15) is 9.06 Å². The van der Waals surface area contributed by atoms with Crippen LogP contribution in [0.15, 0.2) is 48.8 Å². The van der Waals surface area contributed by atoms with Crippen molar-refractivity contribution in [2.75, 3.05) is 13.1 Å². The summed E-state index contributed by atoms with van der Waals surface area (Å²) >= 11 is 0. The highest BCUT2D eigenvalue weighted by atomic mass is 16.2. The van der Waals surface area contributed by atoms with Crippen molar-refractivity contribution in [1.29, 1.82) is 0 Å². The minimum atomic E-state index is -0.518. The standard InChI is InChI=1S/C27H33N6O2/c28-27(35)23-11-7-17-33(23,26(34)13-12-24-30-21-9-2-3-10-22(21)31-24)25(32-15-4-1-5-16-32)18-20-8-6-14-29-19-20/h2-3,6,8-10,14-15,19,23,25H,1,4-5,7,11-13,16-18H2,(H2-,28,30,31,35)/q+1/p+1/t23-,25?,33?/m0/s1. The number of hydrogen-bond donors (Lipinski definition) is 2. The molecule has 3 aromatic rings. The average Bonchev–Trinajstić information content (AvgIpc) is 3.52. The first-order valence-corrected chi connectivity index (χ1v) is 12.7. The van der Waals surface area contributed by atoms with Crippen molar-refractivity contribution < 1.29 is 18.6 Å². The van der Waals surface area contributed by atoms with Gasteiger partial charge in [-0.3, -0.25) is 9.78 Å². The maximum absolute atomic E-state index is 14.2. The summed E-state index contributed by atoms with van der Waals surface area (Å²) in [6, 6.07) is 11.3. The molecule has 0 radical (unpaired) electrons. The van der Waals surface area contributed by atoms with E-state index in [4.69, 9.17) is 5.73 Å². The molecule has 2 unspecified atom stereocenters. The number of aromatic amines is 1. The van der Waals surface area contributed by atoms with Crippen LogP contribution >= 0.6 is 0 Å². The van der Waals surface area contributed by atoms with Crippen LogP contribution in [0.25, 0.3) is 11.0 Å². The molecule has 35 heavy (non-hydrogen) atoms. The predicted molar refractivity (Wildman–Crippen MR) is 134 cm³/mol. The Balaban J connectivity index is 1.50. The molecular weight excluding hydrogens is 440 g/mol. The number of nitrogens with one attached hydrogen (secondary N) is 1. The smallest absolute Gasteiger partial charge is 0.320 e. The van der Waals surface area contributed by atoms with E-state index in [9.17, 15) is 9.59 Å². The molecule has 1 fully saturated rings. The van der Waals surface area contributed by atoms with Gasteiger partial charge in [0.05, 0.1) is 30.4 Å². The second-order valence-electron chi connectivity index (χ2n) is 9.77. The van der Waals surface area contributed by atoms with Crippen LogP contribution in [0.4, 0.5) is 0 Å². The highest BCUT2D eigenvalue weighted by Crippen LogP contribution is 2.35. The SMILES string of the molecule is NC(=O)[C@@H]1CCC[N+]1(C(=O)CCc1nc2ccccc2[nH]1)C(Cc1cccnc1)[N+]1=CCCCC1. The van der Waals surface area contributed by atoms with Crippen LogP contribution in [0.2, 0.25) is 0 Å². The number of para-hydroxylation sites is 2. The fraction of sp³-hybridized carbons (Fsp3) is 0.444. The Kier molecular flexibility index (Phi) is 6.72. The van der Waals surface area contributed by atoms with E-state index in [2.05, 4.69) is 31.8 Å². The van der Waals surface area contributed by atoms with Gasteiger partial charge in [-0.15, -0.1) is 0 Å². The molecule has 3 atom stereocenters. The lowest BCUT2D eigenvalue weighted by molar-refractivity contribution is -0.973. The number of pyridine rings is 1. The van der Waals surface area contributed by atoms with Crippen molar-refractivity contribution in [3.8, 4) is 0 Å². The number of imidazole rings is 1. The van der Waals surface area contributed by atoms with Gasteiger partial charge in [0, 0.05) is 44.5 Å². The monoisotopic (exact) mass is 474 g/mol. The number of amides is 2. The van der Waals surface area contributed by atoms with Gasteiger partial charge in [0.2, 0.25) is 0 Å². The van der Waals surface area contributed by atoms with Crippen LogP contribution in [0.1, 0.15) is 49.9 Å². The van der Waals surface area contributed by atoms with E-state index in [1.807, 2.05) is 36.5 Å². The van der Waals surface area contributed by atoms with Crippen molar-refractivity contribution in [3.63, 3.8) is 0 Å². The minimum absolute atomic E-state index is 0.0691. The molecule has 1 aromatic carbocycles. The number of nitrogens with two attached hydrogens (primary N) is 1. The molecule has 2 aliphatic rings. The zero-order chi connectivity index (χ0) is 24.3. The molecule has 2 aliphatic heterocycles. The van der Waals surface area contributed by atoms with Gasteiger partial charge in [-0.25, -0.2) is 9.78 Å². The summed E-state index contributed by atoms with van der Waals surface area (Å²) in [4.78, 5) is 39.3. The Hall–Kier alpha value is -3.39. The number of likely N-dealkylation sites (tertiary alicyclic amines) is 1. The molecule has 0 aliphatic carbocycles. The van der Waals surface area contributed by atoms with E-state index in [0.29, 0.717) is 32.2 Å². The normalized spacial score (nSPS) is 23.2. The van der Waals surface area contributed by atoms with Crippen LogP contribution in [0.3, 0.4) is 0 Å². The number of rotatable bonds is 8. The molecule has 0 spiro atoms. The number of benzene rings is 1. The number of carbonyl (C=O) groups excluding carboxylic acids is 2. The fourth-order valence-corrected chi connectivity index (χ4v) is 6.01. The largest absolute Gasteiger partial charge is 0.364 e. The second kappa shape index (κ2) is 10.1. The first kappa shape index (κ1) is 23.4. The maximum Gasteiger partial charge on any atom is 0.320 e. The van der Waals surface area contributed by atoms with Crippen LogP contribution in [-0.4, -0.2) is 67.3 Å². The summed E-state index contributed by atoms with van der Waals surface area (Å²) in [5.74, 6) is 0.480. The molecule has 0 bridgehead atoms. The van der Waals surface area contributed by atoms with Gasteiger partial charge in [-0.1, -0.05) is 18.2 Å². The lowest BCUT2D eigenvalue weighted by Gasteiger charge is -2.40. The third-order valence-electron chi connectivity index (χ3n) is 7.66. The molecule has 4 heterocycles. The van der Waals surface area contributed by atoms with Crippen molar-refractivity contribution >= 4 is 29.1 Å². The van der Waals surface area contributed by atoms with Gasteiger partial charge in [0.25, 0.3) is 12.1 Å². The van der Waals surface area contributed by atoms with Crippen molar-refractivity contribution in [3.05, 3.63) is 60.2 Å². The topological polar surface area (TPSA) is 105 Å². The predicted octanol–water partition coefficient (Wildman–Crippen LogP) is 2.72. The van der Waals surface area contributed by atoms with Crippen LogP contribution in [-0.2, 0) is 22.4 Å². The molecule has 5 rings (SSSR count). The number of fused-ring (bicyclic) bond motifs is 1. The third-order valence-corrected chi connectivity index (χ3v) is 7.66. The number of carbonyl (C=O) groups is 2. The van der Waals surface area contributed by atoms with E-state index >= 15 is 0 Å². The van der Waals surface area contributed by atoms with Gasteiger partial charge in [0.1, 0.15) is 18.6 Å². The Bertz CT molecular complexity index is 1200. The lowest BCUT2D eigenvalue weighted by Crippen LogP contribution is -2.69. The summed E-state index contributed by atoms with van der Waals surface area (Å²) in [7, 11) is 0. The Morgan fingerprint density at radius 3 is 2.80 bits per heavy atom. The number of primary amides is 1. The van der Waals surface area contributed by atoms with E-state index in [1.165, 1.54) is 0 Å². The van der Waals surface area contributed by atoms with Gasteiger partial charge in [-0.05, 0) is 30.2 Å². The quantitative estimate of drug-likeness (QED) is 0.387. The highest BCUT2D eigenvalue weighted by molar-refractivity contribution is 5.82. The zero-order valence-corrected chi connectivity index (χ0v) is 20.1. The van der Waals surface area contributed by atoms with Gasteiger partial charge in [0.15, 0.2) is 6.04 Å². The molecule has 2 amide bonds. The Morgan fingerprint density at radius 2 is 2.06 bits per heavy atom. The molecule has 8 nitrogen and oxygen atoms in total. The summed E-state index contributed by atoms with van der Waals surface area (Å²) in [6.07, 6.45) is 11.8. The number of aromatic nitrogens is 3. The van der Waals surface area contributed by atoms with Gasteiger partial charge >= 0.3 is 5.91 Å². The third kappa shape index (κ3) is 4.62. The molecule has 2 aromatic heterocycles. The average molecular weight is 475 g/mol. The summed E-state index contributed by atoms with van der Waals surface area (Å²) in [5, 5.41) is 0. The van der Waals surface area contributed by atoms with Gasteiger partial charge < -0.3 is 10.7 Å². The number of H-pyrrole nitrogens is 1. The molecule has 1 saturated heterocycles. The van der Waals surface area contributed by atoms with E-state index < -0.39 is 6.04 Å². The summed E-state index contributed by atoms with van der Waals surface area (Å²) in [6.45, 7) is 1.51. The van der Waals surface area contributed by atoms with E-state index in [0.717, 1.165) is 54.6 Å². The Morgan fingerprint density at radius 1 is 1.17 bits per heavy atom. The van der Waals surface area contributed by atoms with Crippen molar-refractivity contribution in [2.45, 2.75) is 63.6 Å². The number of nitrogens with zero attached hydrogens (tertiary/aromatic N) is 4. The summed E-state index contributed by atoms with van der Waals surface area (Å²) < 4.78 is 2.41. The maximum atomic E-state index is 14.2. The summed E-state index contributed by atoms with van der Waals surface area (Å²) in [5.41, 5.74) is 8.89. The molecular formula is C27H34N6O2+2. The first-order valence-electron chi connectivity index (χ1n) is 12.7. The molecule has 3 N–H and O–H groups in total. The van der Waals surface area contributed by atoms with Crippen molar-refractivity contribution in [1.82, 2.24) is 15.0 Å². The zero-order valence-electron chi connectivity index (χ0n) is 20.1. The fourth-order valence-electron chi connectivity index (χ4n) is 6.01. The van der Waals surface area contributed by atoms with E-state index in [-0.39, 0.29) is 22.5 Å². The lowest BCUT2D eigenvalue weighted by atomic mass is 10.0. The van der Waals surface area contributed by atoms with E-state index in [1.54, 1.807) is 6.20 Å². The van der Waals surface area contributed by atoms with Crippen LogP contribution in [0.5, 0.6) is 0 Å². The van der Waals surface area contributed by atoms with Crippen LogP contribution in [0, 0.1) is 0 Å². The molecule has 0 saturated carbocycles. The minimum Gasteiger partial charge on any atom is -0.364 e.